The van der Waals surface area contributed by atoms with Crippen molar-refractivity contribution in [2.24, 2.45) is 5.92 Å². The first-order valence-electron chi connectivity index (χ1n) is 7.46. The van der Waals surface area contributed by atoms with Crippen LogP contribution in [0.3, 0.4) is 0 Å². The lowest BCUT2D eigenvalue weighted by molar-refractivity contribution is 0.0990. The molecule has 1 N–H and O–H groups in total. The Morgan fingerprint density at radius 3 is 2.53 bits per heavy atom. The fourth-order valence-electron chi connectivity index (χ4n) is 2.70. The molecule has 1 aliphatic heterocycles. The third kappa shape index (κ3) is 4.97. The van der Waals surface area contributed by atoms with Gasteiger partial charge in [-0.25, -0.2) is 0 Å². The Hall–Kier alpha value is -0.0800. The van der Waals surface area contributed by atoms with E-state index in [1.807, 2.05) is 0 Å². The van der Waals surface area contributed by atoms with Gasteiger partial charge in [0.25, 0.3) is 0 Å². The summed E-state index contributed by atoms with van der Waals surface area (Å²) in [6.07, 6.45) is 5.34. The maximum absolute atomic E-state index is 3.66. The number of rotatable bonds is 6. The van der Waals surface area contributed by atoms with Crippen LogP contribution in [-0.2, 0) is 0 Å². The molecular weight excluding hydrogens is 208 g/mol. The highest BCUT2D eigenvalue weighted by Crippen LogP contribution is 2.19. The molecule has 0 aliphatic carbocycles. The van der Waals surface area contributed by atoms with E-state index in [1.165, 1.54) is 38.8 Å². The molecule has 17 heavy (non-hydrogen) atoms. The summed E-state index contributed by atoms with van der Waals surface area (Å²) in [5.74, 6) is 0.853. The molecule has 2 nitrogen and oxygen atoms in total. The highest BCUT2D eigenvalue weighted by Gasteiger charge is 2.30. The van der Waals surface area contributed by atoms with Crippen molar-refractivity contribution < 1.29 is 0 Å². The smallest absolute Gasteiger partial charge is 0.0278 e. The van der Waals surface area contributed by atoms with E-state index in [0.717, 1.165) is 18.5 Å². The molecule has 0 aromatic heterocycles. The van der Waals surface area contributed by atoms with Crippen molar-refractivity contribution >= 4 is 0 Å². The Kier molecular flexibility index (Phi) is 5.94. The van der Waals surface area contributed by atoms with E-state index in [1.54, 1.807) is 0 Å². The standard InChI is InChI=1S/C15H32N2/c1-6-15(5)12-17(11-10-16-15)14(4)9-7-8-13(2)3/h13-14,16H,6-12H2,1-5H3. The predicted molar refractivity (Wildman–Crippen MR) is 76.4 cm³/mol. The molecule has 0 saturated carbocycles. The fraction of sp³-hybridized carbons (Fsp3) is 1.00. The summed E-state index contributed by atoms with van der Waals surface area (Å²) in [5, 5.41) is 3.66. The van der Waals surface area contributed by atoms with E-state index in [2.05, 4.69) is 44.8 Å². The third-order valence-electron chi connectivity index (χ3n) is 4.31. The fourth-order valence-corrected chi connectivity index (χ4v) is 2.70. The zero-order valence-electron chi connectivity index (χ0n) is 12.6. The van der Waals surface area contributed by atoms with Gasteiger partial charge >= 0.3 is 0 Å². The van der Waals surface area contributed by atoms with Crippen molar-refractivity contribution in [2.45, 2.75) is 71.9 Å². The summed E-state index contributed by atoms with van der Waals surface area (Å²) in [7, 11) is 0. The second kappa shape index (κ2) is 6.75. The Balaban J connectivity index is 2.33. The molecule has 1 saturated heterocycles. The first kappa shape index (κ1) is 15.0. The Morgan fingerprint density at radius 1 is 1.24 bits per heavy atom. The summed E-state index contributed by atoms with van der Waals surface area (Å²) in [5.41, 5.74) is 0.338. The molecule has 2 atom stereocenters. The Labute approximate surface area is 108 Å². The molecule has 0 amide bonds. The van der Waals surface area contributed by atoms with Gasteiger partial charge in [-0.1, -0.05) is 33.6 Å². The minimum absolute atomic E-state index is 0.338. The zero-order valence-corrected chi connectivity index (χ0v) is 12.6. The average molecular weight is 240 g/mol. The van der Waals surface area contributed by atoms with Crippen LogP contribution in [0.2, 0.25) is 0 Å². The van der Waals surface area contributed by atoms with Crippen LogP contribution in [0.4, 0.5) is 0 Å². The van der Waals surface area contributed by atoms with Gasteiger partial charge in [0.05, 0.1) is 0 Å². The summed E-state index contributed by atoms with van der Waals surface area (Å²) in [6.45, 7) is 15.3. The van der Waals surface area contributed by atoms with Crippen LogP contribution in [-0.4, -0.2) is 36.1 Å². The zero-order chi connectivity index (χ0) is 12.9. The summed E-state index contributed by atoms with van der Waals surface area (Å²) < 4.78 is 0. The monoisotopic (exact) mass is 240 g/mol. The lowest BCUT2D eigenvalue weighted by Crippen LogP contribution is -2.60. The number of piperazine rings is 1. The van der Waals surface area contributed by atoms with Gasteiger partial charge in [-0.2, -0.15) is 0 Å². The van der Waals surface area contributed by atoms with Crippen LogP contribution in [0.25, 0.3) is 0 Å². The molecule has 0 bridgehead atoms. The molecule has 0 spiro atoms. The van der Waals surface area contributed by atoms with Crippen LogP contribution >= 0.6 is 0 Å². The van der Waals surface area contributed by atoms with Crippen LogP contribution in [0.5, 0.6) is 0 Å². The molecule has 0 aromatic carbocycles. The van der Waals surface area contributed by atoms with Crippen molar-refractivity contribution in [3.8, 4) is 0 Å². The van der Waals surface area contributed by atoms with E-state index in [4.69, 9.17) is 0 Å². The van der Waals surface area contributed by atoms with E-state index in [0.29, 0.717) is 5.54 Å². The van der Waals surface area contributed by atoms with E-state index in [-0.39, 0.29) is 0 Å². The Morgan fingerprint density at radius 2 is 1.94 bits per heavy atom. The number of nitrogens with zero attached hydrogens (tertiary/aromatic N) is 1. The molecule has 1 aliphatic rings. The molecular formula is C15H32N2. The van der Waals surface area contributed by atoms with Gasteiger partial charge in [-0.3, -0.25) is 4.90 Å². The van der Waals surface area contributed by atoms with Crippen molar-refractivity contribution in [1.29, 1.82) is 0 Å². The lowest BCUT2D eigenvalue weighted by Gasteiger charge is -2.43. The molecule has 0 radical (unpaired) electrons. The number of hydrogen-bond acceptors (Lipinski definition) is 2. The van der Waals surface area contributed by atoms with Gasteiger partial charge in [0.15, 0.2) is 0 Å². The summed E-state index contributed by atoms with van der Waals surface area (Å²) in [4.78, 5) is 2.68. The van der Waals surface area contributed by atoms with E-state index in [9.17, 15) is 0 Å². The van der Waals surface area contributed by atoms with Crippen molar-refractivity contribution in [1.82, 2.24) is 10.2 Å². The summed E-state index contributed by atoms with van der Waals surface area (Å²) in [6, 6.07) is 0.752. The first-order valence-corrected chi connectivity index (χ1v) is 7.46. The van der Waals surface area contributed by atoms with Gasteiger partial charge in [0.2, 0.25) is 0 Å². The van der Waals surface area contributed by atoms with Crippen LogP contribution < -0.4 is 5.32 Å². The minimum Gasteiger partial charge on any atom is -0.309 e. The maximum atomic E-state index is 3.66. The van der Waals surface area contributed by atoms with Gasteiger partial charge in [0.1, 0.15) is 0 Å². The minimum atomic E-state index is 0.338. The molecule has 2 heteroatoms. The molecule has 1 heterocycles. The van der Waals surface area contributed by atoms with Gasteiger partial charge in [-0.05, 0) is 32.6 Å². The Bertz CT molecular complexity index is 215. The van der Waals surface area contributed by atoms with E-state index >= 15 is 0 Å². The molecule has 1 fully saturated rings. The maximum Gasteiger partial charge on any atom is 0.0278 e. The second-order valence-electron chi connectivity index (χ2n) is 6.49. The highest BCUT2D eigenvalue weighted by atomic mass is 15.2. The first-order chi connectivity index (χ1) is 7.97. The quantitative estimate of drug-likeness (QED) is 0.766. The molecule has 2 unspecified atom stereocenters. The number of hydrogen-bond donors (Lipinski definition) is 1. The predicted octanol–water partition coefficient (Wildman–Crippen LogP) is 3.28. The van der Waals surface area contributed by atoms with Crippen LogP contribution in [0.1, 0.15) is 60.3 Å². The van der Waals surface area contributed by atoms with Crippen LogP contribution in [0, 0.1) is 5.92 Å². The van der Waals surface area contributed by atoms with Crippen molar-refractivity contribution in [2.75, 3.05) is 19.6 Å². The normalized spacial score (nSPS) is 28.6. The molecule has 0 aromatic rings. The molecule has 102 valence electrons. The molecule has 1 rings (SSSR count). The van der Waals surface area contributed by atoms with Crippen LogP contribution in [0.15, 0.2) is 0 Å². The van der Waals surface area contributed by atoms with E-state index < -0.39 is 0 Å². The van der Waals surface area contributed by atoms with Crippen molar-refractivity contribution in [3.05, 3.63) is 0 Å². The summed E-state index contributed by atoms with van der Waals surface area (Å²) >= 11 is 0. The topological polar surface area (TPSA) is 15.3 Å². The lowest BCUT2D eigenvalue weighted by atomic mass is 9.94. The van der Waals surface area contributed by atoms with Gasteiger partial charge in [0, 0.05) is 31.2 Å². The van der Waals surface area contributed by atoms with Crippen molar-refractivity contribution in [3.63, 3.8) is 0 Å². The second-order valence-corrected chi connectivity index (χ2v) is 6.49. The largest absolute Gasteiger partial charge is 0.309 e. The average Bonchev–Trinajstić information content (AvgIpc) is 2.28. The highest BCUT2D eigenvalue weighted by molar-refractivity contribution is 4.91. The van der Waals surface area contributed by atoms with Gasteiger partial charge < -0.3 is 5.32 Å². The van der Waals surface area contributed by atoms with Gasteiger partial charge in [-0.15, -0.1) is 0 Å². The SMILES string of the molecule is CCC1(C)CN(C(C)CCCC(C)C)CCN1. The third-order valence-corrected chi connectivity index (χ3v) is 4.31. The number of nitrogens with one attached hydrogen (secondary N) is 1.